The average molecular weight is 140 g/mol. The van der Waals surface area contributed by atoms with E-state index in [2.05, 4.69) is 4.98 Å². The largest absolute Gasteiger partial charge is 0.495 e. The van der Waals surface area contributed by atoms with Gasteiger partial charge in [-0.2, -0.15) is 0 Å². The quantitative estimate of drug-likeness (QED) is 0.645. The molecule has 1 rings (SSSR count). The summed E-state index contributed by atoms with van der Waals surface area (Å²) >= 11 is 0. The van der Waals surface area contributed by atoms with Gasteiger partial charge in [0.2, 0.25) is 0 Å². The van der Waals surface area contributed by atoms with Gasteiger partial charge in [0.1, 0.15) is 5.75 Å². The molecule has 0 saturated carbocycles. The first-order chi connectivity index (χ1) is 4.75. The zero-order valence-electron chi connectivity index (χ0n) is 6.22. The van der Waals surface area contributed by atoms with E-state index in [-0.39, 0.29) is 6.04 Å². The molecule has 0 aromatic carbocycles. The summed E-state index contributed by atoms with van der Waals surface area (Å²) in [5.74, 6) is 0.829. The molecule has 0 aliphatic carbocycles. The number of hydrogen-bond acceptors (Lipinski definition) is 2. The zero-order valence-corrected chi connectivity index (χ0v) is 6.22. The second kappa shape index (κ2) is 2.75. The molecule has 0 bridgehead atoms. The molecule has 0 fully saturated rings. The molecule has 1 aromatic heterocycles. The lowest BCUT2D eigenvalue weighted by Gasteiger charge is -2.04. The van der Waals surface area contributed by atoms with Crippen LogP contribution < -0.4 is 10.5 Å². The fourth-order valence-corrected chi connectivity index (χ4v) is 0.894. The minimum atomic E-state index is 0.0289. The van der Waals surface area contributed by atoms with E-state index in [1.807, 2.05) is 13.1 Å². The Bertz CT molecular complexity index is 205. The lowest BCUT2D eigenvalue weighted by molar-refractivity contribution is 0.408. The van der Waals surface area contributed by atoms with E-state index in [1.165, 1.54) is 0 Å². The van der Waals surface area contributed by atoms with Crippen molar-refractivity contribution in [3.63, 3.8) is 0 Å². The molecule has 1 atom stereocenters. The Morgan fingerprint density at radius 2 is 2.30 bits per heavy atom. The third kappa shape index (κ3) is 1.14. The molecule has 0 radical (unpaired) electrons. The van der Waals surface area contributed by atoms with Crippen molar-refractivity contribution in [1.82, 2.24) is 4.98 Å². The molecule has 56 valence electrons. The predicted octanol–water partition coefficient (Wildman–Crippen LogP) is 1.04. The molecule has 0 aliphatic rings. The van der Waals surface area contributed by atoms with Gasteiger partial charge in [-0.25, -0.2) is 0 Å². The van der Waals surface area contributed by atoms with Crippen LogP contribution in [0.3, 0.4) is 0 Å². The van der Waals surface area contributed by atoms with Crippen molar-refractivity contribution < 1.29 is 4.74 Å². The first kappa shape index (κ1) is 7.15. The summed E-state index contributed by atoms with van der Waals surface area (Å²) < 4.78 is 5.04. The molecule has 1 heterocycles. The van der Waals surface area contributed by atoms with Crippen LogP contribution in [0.1, 0.15) is 18.5 Å². The maximum Gasteiger partial charge on any atom is 0.141 e. The molecule has 0 amide bonds. The Morgan fingerprint density at radius 3 is 2.70 bits per heavy atom. The van der Waals surface area contributed by atoms with Gasteiger partial charge in [-0.15, -0.1) is 0 Å². The van der Waals surface area contributed by atoms with Gasteiger partial charge < -0.3 is 15.5 Å². The molecule has 0 unspecified atom stereocenters. The Hall–Kier alpha value is -0.960. The topological polar surface area (TPSA) is 51.0 Å². The van der Waals surface area contributed by atoms with Gasteiger partial charge in [0.05, 0.1) is 7.11 Å². The zero-order chi connectivity index (χ0) is 7.56. The first-order valence-electron chi connectivity index (χ1n) is 3.22. The highest BCUT2D eigenvalue weighted by Gasteiger charge is 2.06. The number of aromatic amines is 1. The van der Waals surface area contributed by atoms with Gasteiger partial charge in [-0.3, -0.25) is 0 Å². The Balaban J connectivity index is 2.90. The molecule has 3 nitrogen and oxygen atoms in total. The van der Waals surface area contributed by atoms with Crippen molar-refractivity contribution in [2.75, 3.05) is 7.11 Å². The van der Waals surface area contributed by atoms with Crippen LogP contribution in [0.15, 0.2) is 12.4 Å². The van der Waals surface area contributed by atoms with E-state index in [0.717, 1.165) is 11.3 Å². The van der Waals surface area contributed by atoms with Crippen LogP contribution >= 0.6 is 0 Å². The summed E-state index contributed by atoms with van der Waals surface area (Å²) in [5, 5.41) is 0. The minimum Gasteiger partial charge on any atom is -0.495 e. The Kier molecular flexibility index (Phi) is 1.97. The predicted molar refractivity (Wildman–Crippen MR) is 39.9 cm³/mol. The summed E-state index contributed by atoms with van der Waals surface area (Å²) in [6.45, 7) is 1.92. The molecule has 3 heteroatoms. The van der Waals surface area contributed by atoms with E-state index in [0.29, 0.717) is 0 Å². The van der Waals surface area contributed by atoms with Crippen molar-refractivity contribution in [1.29, 1.82) is 0 Å². The average Bonchev–Trinajstić information content (AvgIpc) is 2.33. The van der Waals surface area contributed by atoms with Crippen LogP contribution in [0.2, 0.25) is 0 Å². The van der Waals surface area contributed by atoms with E-state index < -0.39 is 0 Å². The van der Waals surface area contributed by atoms with Crippen LogP contribution in [-0.4, -0.2) is 12.1 Å². The van der Waals surface area contributed by atoms with Crippen molar-refractivity contribution in [2.45, 2.75) is 13.0 Å². The van der Waals surface area contributed by atoms with Gasteiger partial charge in [0.25, 0.3) is 0 Å². The number of nitrogens with two attached hydrogens (primary N) is 1. The van der Waals surface area contributed by atoms with Gasteiger partial charge in [0, 0.05) is 24.0 Å². The maximum absolute atomic E-state index is 5.63. The van der Waals surface area contributed by atoms with Crippen molar-refractivity contribution >= 4 is 0 Å². The van der Waals surface area contributed by atoms with Crippen molar-refractivity contribution in [3.8, 4) is 5.75 Å². The molecule has 0 aliphatic heterocycles. The molecule has 0 saturated heterocycles. The van der Waals surface area contributed by atoms with Gasteiger partial charge in [-0.05, 0) is 6.92 Å². The number of hydrogen-bond donors (Lipinski definition) is 2. The van der Waals surface area contributed by atoms with E-state index in [9.17, 15) is 0 Å². The third-order valence-electron chi connectivity index (χ3n) is 1.45. The summed E-state index contributed by atoms with van der Waals surface area (Å²) in [7, 11) is 1.63. The van der Waals surface area contributed by atoms with Crippen LogP contribution in [0.25, 0.3) is 0 Å². The first-order valence-corrected chi connectivity index (χ1v) is 3.22. The molecule has 0 spiro atoms. The van der Waals surface area contributed by atoms with Crippen molar-refractivity contribution in [2.24, 2.45) is 5.73 Å². The second-order valence-electron chi connectivity index (χ2n) is 2.27. The summed E-state index contributed by atoms with van der Waals surface area (Å²) in [6, 6.07) is 0.0289. The fourth-order valence-electron chi connectivity index (χ4n) is 0.894. The summed E-state index contributed by atoms with van der Waals surface area (Å²) in [6.07, 6.45) is 3.64. The van der Waals surface area contributed by atoms with Crippen LogP contribution in [0.4, 0.5) is 0 Å². The van der Waals surface area contributed by atoms with Crippen molar-refractivity contribution in [3.05, 3.63) is 18.0 Å². The number of aromatic nitrogens is 1. The van der Waals surface area contributed by atoms with E-state index >= 15 is 0 Å². The van der Waals surface area contributed by atoms with E-state index in [4.69, 9.17) is 10.5 Å². The number of rotatable bonds is 2. The van der Waals surface area contributed by atoms with Gasteiger partial charge in [-0.1, -0.05) is 0 Å². The van der Waals surface area contributed by atoms with Crippen LogP contribution in [-0.2, 0) is 0 Å². The lowest BCUT2D eigenvalue weighted by atomic mass is 10.2. The highest BCUT2D eigenvalue weighted by Crippen LogP contribution is 2.21. The standard InChI is InChI=1S/C7H12N2O/c1-5(8)6-3-9-4-7(6)10-2/h3-5,9H,8H2,1-2H3/t5-/m1/s1. The number of ether oxygens (including phenoxy) is 1. The third-order valence-corrected chi connectivity index (χ3v) is 1.45. The second-order valence-corrected chi connectivity index (χ2v) is 2.27. The van der Waals surface area contributed by atoms with Gasteiger partial charge in [0.15, 0.2) is 0 Å². The maximum atomic E-state index is 5.63. The highest BCUT2D eigenvalue weighted by molar-refractivity contribution is 5.32. The monoisotopic (exact) mass is 140 g/mol. The lowest BCUT2D eigenvalue weighted by Crippen LogP contribution is -2.04. The number of methoxy groups -OCH3 is 1. The number of H-pyrrole nitrogens is 1. The normalized spacial score (nSPS) is 13.1. The summed E-state index contributed by atoms with van der Waals surface area (Å²) in [4.78, 5) is 2.93. The highest BCUT2D eigenvalue weighted by atomic mass is 16.5. The minimum absolute atomic E-state index is 0.0289. The SMILES string of the molecule is COc1c[nH]cc1[C@@H](C)N. The fraction of sp³-hybridized carbons (Fsp3) is 0.429. The van der Waals surface area contributed by atoms with E-state index in [1.54, 1.807) is 13.3 Å². The molecule has 3 N–H and O–H groups in total. The van der Waals surface area contributed by atoms with Crippen LogP contribution in [0.5, 0.6) is 5.75 Å². The molecule has 10 heavy (non-hydrogen) atoms. The Morgan fingerprint density at radius 1 is 1.60 bits per heavy atom. The molecular weight excluding hydrogens is 128 g/mol. The number of nitrogens with one attached hydrogen (secondary N) is 1. The van der Waals surface area contributed by atoms with Gasteiger partial charge >= 0.3 is 0 Å². The summed E-state index contributed by atoms with van der Waals surface area (Å²) in [5.41, 5.74) is 6.65. The smallest absolute Gasteiger partial charge is 0.141 e. The van der Waals surface area contributed by atoms with Crippen LogP contribution in [0, 0.1) is 0 Å². The molecule has 1 aromatic rings. The Labute approximate surface area is 60.2 Å². The molecular formula is C7H12N2O.